The first-order valence-electron chi connectivity index (χ1n) is 10.7. The second-order valence-electron chi connectivity index (χ2n) is 8.25. The molecular weight excluding hydrogens is 388 g/mol. The Hall–Kier alpha value is -3.05. The summed E-state index contributed by atoms with van der Waals surface area (Å²) >= 11 is 0. The zero-order valence-electron chi connectivity index (χ0n) is 18.8. The van der Waals surface area contributed by atoms with Gasteiger partial charge in [-0.15, -0.1) is 0 Å². The molecule has 31 heavy (non-hydrogen) atoms. The lowest BCUT2D eigenvalue weighted by atomic mass is 10.1. The van der Waals surface area contributed by atoms with Crippen LogP contribution in [0.2, 0.25) is 0 Å². The molecule has 0 spiro atoms. The third-order valence-electron chi connectivity index (χ3n) is 5.41. The zero-order valence-corrected chi connectivity index (χ0v) is 18.8. The Morgan fingerprint density at radius 3 is 2.35 bits per heavy atom. The van der Waals surface area contributed by atoms with Crippen molar-refractivity contribution in [2.75, 3.05) is 7.11 Å². The molecule has 0 fully saturated rings. The Balaban J connectivity index is 1.73. The maximum absolute atomic E-state index is 12.5. The van der Waals surface area contributed by atoms with Crippen LogP contribution in [0.25, 0.3) is 0 Å². The minimum atomic E-state index is -0.171. The van der Waals surface area contributed by atoms with Crippen LogP contribution in [0.3, 0.4) is 0 Å². The maximum atomic E-state index is 12.5. The predicted molar refractivity (Wildman–Crippen MR) is 123 cm³/mol. The van der Waals surface area contributed by atoms with Gasteiger partial charge in [-0.2, -0.15) is 0 Å². The molecule has 0 aliphatic rings. The summed E-state index contributed by atoms with van der Waals surface area (Å²) in [5.41, 5.74) is 2.38. The van der Waals surface area contributed by atoms with Gasteiger partial charge in [0.25, 0.3) is 5.91 Å². The first-order valence-corrected chi connectivity index (χ1v) is 10.7. The van der Waals surface area contributed by atoms with Crippen LogP contribution in [0.5, 0.6) is 5.75 Å². The topological polar surface area (TPSA) is 54.7 Å². The van der Waals surface area contributed by atoms with E-state index in [1.165, 1.54) is 5.56 Å². The molecule has 2 aromatic carbocycles. The number of nitrogens with zero attached hydrogens (tertiary/aromatic N) is 1. The van der Waals surface area contributed by atoms with Crippen molar-refractivity contribution in [3.05, 3.63) is 89.4 Å². The lowest BCUT2D eigenvalue weighted by Crippen LogP contribution is -2.35. The fourth-order valence-electron chi connectivity index (χ4n) is 3.29. The number of hydrogen-bond donors (Lipinski definition) is 1. The molecule has 1 atom stereocenters. The number of rotatable bonds is 10. The molecule has 1 aromatic heterocycles. The number of amides is 1. The summed E-state index contributed by atoms with van der Waals surface area (Å²) in [5.74, 6) is 2.15. The Kier molecular flexibility index (Phi) is 7.90. The summed E-state index contributed by atoms with van der Waals surface area (Å²) in [4.78, 5) is 14.8. The van der Waals surface area contributed by atoms with Gasteiger partial charge in [-0.1, -0.05) is 56.3 Å². The van der Waals surface area contributed by atoms with Crippen molar-refractivity contribution in [1.29, 1.82) is 0 Å². The van der Waals surface area contributed by atoms with Crippen molar-refractivity contribution in [2.24, 2.45) is 5.92 Å². The van der Waals surface area contributed by atoms with Gasteiger partial charge in [-0.05, 0) is 48.2 Å². The third kappa shape index (κ3) is 6.72. The van der Waals surface area contributed by atoms with Gasteiger partial charge in [-0.25, -0.2) is 0 Å². The molecule has 0 saturated carbocycles. The molecule has 1 amide bonds. The van der Waals surface area contributed by atoms with E-state index < -0.39 is 0 Å². The largest absolute Gasteiger partial charge is 0.497 e. The van der Waals surface area contributed by atoms with Crippen molar-refractivity contribution >= 4 is 5.91 Å². The maximum Gasteiger partial charge on any atom is 0.287 e. The number of carbonyl (C=O) groups excluding carboxylic acids is 1. The minimum absolute atomic E-state index is 0.0868. The Bertz CT molecular complexity index is 966. The van der Waals surface area contributed by atoms with Crippen LogP contribution < -0.4 is 10.1 Å². The minimum Gasteiger partial charge on any atom is -0.497 e. The summed E-state index contributed by atoms with van der Waals surface area (Å²) in [5, 5.41) is 2.99. The second kappa shape index (κ2) is 10.8. The second-order valence-corrected chi connectivity index (χ2v) is 8.25. The molecule has 0 bridgehead atoms. The summed E-state index contributed by atoms with van der Waals surface area (Å²) in [6.45, 7) is 8.27. The molecule has 1 heterocycles. The quantitative estimate of drug-likeness (QED) is 0.486. The van der Waals surface area contributed by atoms with Gasteiger partial charge >= 0.3 is 0 Å². The summed E-state index contributed by atoms with van der Waals surface area (Å²) in [7, 11) is 1.68. The zero-order chi connectivity index (χ0) is 22.2. The van der Waals surface area contributed by atoms with Gasteiger partial charge < -0.3 is 14.5 Å². The van der Waals surface area contributed by atoms with Crippen LogP contribution in [0.15, 0.2) is 71.1 Å². The van der Waals surface area contributed by atoms with Crippen LogP contribution >= 0.6 is 0 Å². The van der Waals surface area contributed by atoms with Crippen LogP contribution in [-0.2, 0) is 19.6 Å². The van der Waals surface area contributed by atoms with Crippen LogP contribution in [0, 0.1) is 5.92 Å². The van der Waals surface area contributed by atoms with Crippen molar-refractivity contribution < 1.29 is 13.9 Å². The van der Waals surface area contributed by atoms with Gasteiger partial charge in [0.1, 0.15) is 11.5 Å². The van der Waals surface area contributed by atoms with E-state index in [4.69, 9.17) is 9.15 Å². The van der Waals surface area contributed by atoms with Crippen LogP contribution in [0.1, 0.15) is 48.2 Å². The SMILES string of the molecule is COc1cccc(CN(Cc2ccccc2)Cc2ccc(C(=O)N[C@H](C)C(C)C)o2)c1. The van der Waals surface area contributed by atoms with Gasteiger partial charge in [0, 0.05) is 19.1 Å². The van der Waals surface area contributed by atoms with E-state index in [2.05, 4.69) is 42.3 Å². The van der Waals surface area contributed by atoms with E-state index in [1.807, 2.05) is 49.4 Å². The molecule has 0 aliphatic heterocycles. The van der Waals surface area contributed by atoms with E-state index in [9.17, 15) is 4.79 Å². The molecule has 5 nitrogen and oxygen atoms in total. The monoisotopic (exact) mass is 420 g/mol. The molecule has 3 aromatic rings. The lowest BCUT2D eigenvalue weighted by molar-refractivity contribution is 0.0898. The number of ether oxygens (including phenoxy) is 1. The van der Waals surface area contributed by atoms with Crippen molar-refractivity contribution in [1.82, 2.24) is 10.2 Å². The molecule has 0 aliphatic carbocycles. The number of hydrogen-bond acceptors (Lipinski definition) is 4. The first-order chi connectivity index (χ1) is 14.9. The molecule has 0 unspecified atom stereocenters. The normalized spacial score (nSPS) is 12.2. The average Bonchev–Trinajstić information content (AvgIpc) is 3.23. The standard InChI is InChI=1S/C26H32N2O3/c1-19(2)20(3)27-26(29)25-14-13-24(31-25)18-28(16-21-9-6-5-7-10-21)17-22-11-8-12-23(15-22)30-4/h5-15,19-20H,16-18H2,1-4H3,(H,27,29)/t20-/m1/s1. The Morgan fingerprint density at radius 2 is 1.65 bits per heavy atom. The van der Waals surface area contributed by atoms with Crippen molar-refractivity contribution in [3.8, 4) is 5.75 Å². The van der Waals surface area contributed by atoms with E-state index in [0.29, 0.717) is 18.2 Å². The first kappa shape index (κ1) is 22.6. The molecule has 0 radical (unpaired) electrons. The molecule has 1 N–H and O–H groups in total. The Labute approximate surface area is 185 Å². The van der Waals surface area contributed by atoms with Crippen LogP contribution in [-0.4, -0.2) is 24.0 Å². The van der Waals surface area contributed by atoms with E-state index >= 15 is 0 Å². The summed E-state index contributed by atoms with van der Waals surface area (Å²) in [6.07, 6.45) is 0. The van der Waals surface area contributed by atoms with E-state index in [1.54, 1.807) is 13.2 Å². The highest BCUT2D eigenvalue weighted by molar-refractivity contribution is 5.91. The van der Waals surface area contributed by atoms with Gasteiger partial charge in [0.2, 0.25) is 0 Å². The number of furan rings is 1. The molecule has 5 heteroatoms. The Morgan fingerprint density at radius 1 is 0.935 bits per heavy atom. The smallest absolute Gasteiger partial charge is 0.287 e. The highest BCUT2D eigenvalue weighted by Gasteiger charge is 2.17. The molecule has 0 saturated heterocycles. The molecule has 3 rings (SSSR count). The van der Waals surface area contributed by atoms with Gasteiger partial charge in [-0.3, -0.25) is 9.69 Å². The number of benzene rings is 2. The van der Waals surface area contributed by atoms with Gasteiger partial charge in [0.05, 0.1) is 13.7 Å². The number of methoxy groups -OCH3 is 1. The summed E-state index contributed by atoms with van der Waals surface area (Å²) < 4.78 is 11.3. The average molecular weight is 421 g/mol. The molecular formula is C26H32N2O3. The van der Waals surface area contributed by atoms with Crippen molar-refractivity contribution in [3.63, 3.8) is 0 Å². The fraction of sp³-hybridized carbons (Fsp3) is 0.346. The highest BCUT2D eigenvalue weighted by Crippen LogP contribution is 2.19. The van der Waals surface area contributed by atoms with Crippen LogP contribution in [0.4, 0.5) is 0 Å². The molecule has 164 valence electrons. The number of nitrogens with one attached hydrogen (secondary N) is 1. The van der Waals surface area contributed by atoms with Crippen molar-refractivity contribution in [2.45, 2.75) is 46.4 Å². The number of carbonyl (C=O) groups is 1. The summed E-state index contributed by atoms with van der Waals surface area (Å²) in [6, 6.07) is 22.2. The third-order valence-corrected chi connectivity index (χ3v) is 5.41. The van der Waals surface area contributed by atoms with Gasteiger partial charge in [0.15, 0.2) is 5.76 Å². The predicted octanol–water partition coefficient (Wildman–Crippen LogP) is 5.26. The highest BCUT2D eigenvalue weighted by atomic mass is 16.5. The fourth-order valence-corrected chi connectivity index (χ4v) is 3.29. The lowest BCUT2D eigenvalue weighted by Gasteiger charge is -2.22. The van der Waals surface area contributed by atoms with E-state index in [0.717, 1.165) is 30.2 Å². The van der Waals surface area contributed by atoms with E-state index in [-0.39, 0.29) is 11.9 Å².